The molecule has 1 atom stereocenters. The van der Waals surface area contributed by atoms with Crippen molar-refractivity contribution in [3.63, 3.8) is 0 Å². The van der Waals surface area contributed by atoms with Crippen molar-refractivity contribution < 1.29 is 0 Å². The lowest BCUT2D eigenvalue weighted by molar-refractivity contribution is 0.698. The molecule has 7 heteroatoms. The number of aryl methyl sites for hydroxylation is 1. The summed E-state index contributed by atoms with van der Waals surface area (Å²) in [5.74, 6) is 1.50. The second kappa shape index (κ2) is 8.34. The first-order chi connectivity index (χ1) is 13.6. The van der Waals surface area contributed by atoms with E-state index >= 15 is 0 Å². The number of hydrogen-bond acceptors (Lipinski definition) is 6. The van der Waals surface area contributed by atoms with Crippen molar-refractivity contribution >= 4 is 43.3 Å². The number of fused-ring (bicyclic) bond motifs is 1. The predicted molar refractivity (Wildman–Crippen MR) is 120 cm³/mol. The van der Waals surface area contributed by atoms with Crippen molar-refractivity contribution in [2.75, 3.05) is 11.9 Å². The maximum atomic E-state index is 6.36. The van der Waals surface area contributed by atoms with Crippen molar-refractivity contribution in [2.45, 2.75) is 19.4 Å². The number of thiophene rings is 1. The minimum absolute atomic E-state index is 0.0127. The molecular weight excluding hydrogens is 434 g/mol. The zero-order valence-corrected chi connectivity index (χ0v) is 17.8. The van der Waals surface area contributed by atoms with Crippen LogP contribution < -0.4 is 11.1 Å². The molecule has 0 radical (unpaired) electrons. The number of nitrogens with two attached hydrogens (primary N) is 1. The first-order valence-corrected chi connectivity index (χ1v) is 10.6. The Bertz CT molecular complexity index is 1080. The molecule has 0 saturated heterocycles. The van der Waals surface area contributed by atoms with E-state index in [0.717, 1.165) is 37.4 Å². The normalized spacial score (nSPS) is 12.2. The van der Waals surface area contributed by atoms with Crippen molar-refractivity contribution in [3.05, 3.63) is 69.8 Å². The number of halogens is 1. The molecule has 0 aliphatic rings. The lowest BCUT2D eigenvalue weighted by atomic mass is 10.1. The molecule has 4 aromatic rings. The highest BCUT2D eigenvalue weighted by molar-refractivity contribution is 9.11. The van der Waals surface area contributed by atoms with Crippen LogP contribution in [0.3, 0.4) is 0 Å². The summed E-state index contributed by atoms with van der Waals surface area (Å²) in [6, 6.07) is 14.1. The fourth-order valence-electron chi connectivity index (χ4n) is 3.03. The van der Waals surface area contributed by atoms with Gasteiger partial charge < -0.3 is 11.1 Å². The maximum Gasteiger partial charge on any atom is 0.162 e. The standard InChI is InChI=1S/C21H20BrN5S/c1-13-17-18(28-19(13)22)21(27-20(26-17)15-7-9-24-10-8-15)25-12-16(23)11-14-5-3-2-4-6-14/h2-10,16H,11-12,23H2,1H3,(H,25,26,27)/t16-/m0/s1. The quantitative estimate of drug-likeness (QED) is 0.438. The molecule has 0 saturated carbocycles. The summed E-state index contributed by atoms with van der Waals surface area (Å²) in [7, 11) is 0. The lowest BCUT2D eigenvalue weighted by Crippen LogP contribution is -2.31. The largest absolute Gasteiger partial charge is 0.367 e. The number of aromatic nitrogens is 3. The van der Waals surface area contributed by atoms with Crippen LogP contribution in [0.5, 0.6) is 0 Å². The first-order valence-electron chi connectivity index (χ1n) is 9.02. The van der Waals surface area contributed by atoms with E-state index in [1.165, 1.54) is 5.56 Å². The molecule has 3 N–H and O–H groups in total. The van der Waals surface area contributed by atoms with Crippen LogP contribution in [0.2, 0.25) is 0 Å². The number of pyridine rings is 1. The number of rotatable bonds is 6. The Balaban J connectivity index is 1.63. The van der Waals surface area contributed by atoms with Crippen LogP contribution in [-0.4, -0.2) is 27.5 Å². The molecule has 0 aliphatic carbocycles. The van der Waals surface area contributed by atoms with Gasteiger partial charge in [-0.2, -0.15) is 0 Å². The van der Waals surface area contributed by atoms with Gasteiger partial charge >= 0.3 is 0 Å². The van der Waals surface area contributed by atoms with E-state index in [-0.39, 0.29) is 6.04 Å². The molecule has 5 nitrogen and oxygen atoms in total. The van der Waals surface area contributed by atoms with Gasteiger partial charge in [0.1, 0.15) is 5.82 Å². The van der Waals surface area contributed by atoms with Gasteiger partial charge in [0.2, 0.25) is 0 Å². The third-order valence-corrected chi connectivity index (χ3v) is 6.67. The molecule has 28 heavy (non-hydrogen) atoms. The van der Waals surface area contributed by atoms with Gasteiger partial charge in [-0.3, -0.25) is 4.98 Å². The first kappa shape index (κ1) is 19.0. The number of anilines is 1. The van der Waals surface area contributed by atoms with E-state index in [2.05, 4.69) is 45.3 Å². The summed E-state index contributed by atoms with van der Waals surface area (Å²) in [4.78, 5) is 13.7. The van der Waals surface area contributed by atoms with Gasteiger partial charge in [0.25, 0.3) is 0 Å². The molecule has 3 aromatic heterocycles. The monoisotopic (exact) mass is 453 g/mol. The second-order valence-electron chi connectivity index (χ2n) is 6.64. The number of nitrogens with one attached hydrogen (secondary N) is 1. The molecule has 0 spiro atoms. The van der Waals surface area contributed by atoms with Gasteiger partial charge in [-0.1, -0.05) is 30.3 Å². The summed E-state index contributed by atoms with van der Waals surface area (Å²) < 4.78 is 2.11. The molecule has 0 unspecified atom stereocenters. The Hall–Kier alpha value is -2.35. The van der Waals surface area contributed by atoms with Crippen molar-refractivity contribution in [3.8, 4) is 11.4 Å². The summed E-state index contributed by atoms with van der Waals surface area (Å²) in [5, 5.41) is 3.46. The van der Waals surface area contributed by atoms with Gasteiger partial charge in [0.05, 0.1) is 14.0 Å². The minimum atomic E-state index is -0.0127. The van der Waals surface area contributed by atoms with Crippen LogP contribution >= 0.6 is 27.3 Å². The predicted octanol–water partition coefficient (Wildman–Crippen LogP) is 4.81. The lowest BCUT2D eigenvalue weighted by Gasteiger charge is -2.14. The van der Waals surface area contributed by atoms with E-state index in [9.17, 15) is 0 Å². The Morgan fingerprint density at radius 3 is 2.61 bits per heavy atom. The van der Waals surface area contributed by atoms with Crippen molar-refractivity contribution in [1.82, 2.24) is 15.0 Å². The molecular formula is C21H20BrN5S. The maximum absolute atomic E-state index is 6.36. The van der Waals surface area contributed by atoms with Crippen LogP contribution in [0.15, 0.2) is 58.6 Å². The van der Waals surface area contributed by atoms with Crippen molar-refractivity contribution in [2.24, 2.45) is 5.73 Å². The Labute approximate surface area is 176 Å². The Morgan fingerprint density at radius 1 is 1.11 bits per heavy atom. The van der Waals surface area contributed by atoms with Crippen LogP contribution in [-0.2, 0) is 6.42 Å². The highest BCUT2D eigenvalue weighted by Crippen LogP contribution is 2.38. The molecule has 0 fully saturated rings. The van der Waals surface area contributed by atoms with Gasteiger partial charge in [-0.15, -0.1) is 11.3 Å². The zero-order chi connectivity index (χ0) is 19.5. The Morgan fingerprint density at radius 2 is 1.86 bits per heavy atom. The smallest absolute Gasteiger partial charge is 0.162 e. The summed E-state index contributed by atoms with van der Waals surface area (Å²) >= 11 is 5.28. The number of benzene rings is 1. The number of nitrogens with zero attached hydrogens (tertiary/aromatic N) is 3. The third kappa shape index (κ3) is 4.06. The van der Waals surface area contributed by atoms with Crippen molar-refractivity contribution in [1.29, 1.82) is 0 Å². The van der Waals surface area contributed by atoms with E-state index in [4.69, 9.17) is 15.7 Å². The van der Waals surface area contributed by atoms with Gasteiger partial charge in [-0.25, -0.2) is 9.97 Å². The zero-order valence-electron chi connectivity index (χ0n) is 15.4. The minimum Gasteiger partial charge on any atom is -0.367 e. The Kier molecular flexibility index (Phi) is 5.66. The molecule has 4 rings (SSSR count). The fourth-order valence-corrected chi connectivity index (χ4v) is 4.64. The molecule has 3 heterocycles. The van der Waals surface area contributed by atoms with Crippen LogP contribution in [0.4, 0.5) is 5.82 Å². The summed E-state index contributed by atoms with van der Waals surface area (Å²) in [5.41, 5.74) is 10.6. The van der Waals surface area contributed by atoms with E-state index in [1.54, 1.807) is 23.7 Å². The highest BCUT2D eigenvalue weighted by atomic mass is 79.9. The van der Waals surface area contributed by atoms with Gasteiger partial charge in [0, 0.05) is 36.1 Å². The van der Waals surface area contributed by atoms with E-state index in [0.29, 0.717) is 12.4 Å². The SMILES string of the molecule is Cc1c(Br)sc2c(NC[C@@H](N)Cc3ccccc3)nc(-c3ccncc3)nc12. The van der Waals surface area contributed by atoms with Crippen LogP contribution in [0.25, 0.3) is 21.6 Å². The average Bonchev–Trinajstić information content (AvgIpc) is 3.02. The number of hydrogen-bond donors (Lipinski definition) is 2. The van der Waals surface area contributed by atoms with E-state index in [1.807, 2.05) is 30.3 Å². The fraction of sp³-hybridized carbons (Fsp3) is 0.190. The third-order valence-electron chi connectivity index (χ3n) is 4.52. The highest BCUT2D eigenvalue weighted by Gasteiger charge is 2.16. The average molecular weight is 454 g/mol. The summed E-state index contributed by atoms with van der Waals surface area (Å²) in [6.07, 6.45) is 4.32. The molecule has 0 amide bonds. The topological polar surface area (TPSA) is 76.7 Å². The van der Waals surface area contributed by atoms with Crippen LogP contribution in [0, 0.1) is 6.92 Å². The van der Waals surface area contributed by atoms with E-state index < -0.39 is 0 Å². The molecule has 142 valence electrons. The second-order valence-corrected chi connectivity index (χ2v) is 8.98. The molecule has 1 aromatic carbocycles. The molecule has 0 aliphatic heterocycles. The molecule has 0 bridgehead atoms. The van der Waals surface area contributed by atoms with Gasteiger partial charge in [0.15, 0.2) is 5.82 Å². The summed E-state index contributed by atoms with van der Waals surface area (Å²) in [6.45, 7) is 2.70. The van der Waals surface area contributed by atoms with Crippen LogP contribution in [0.1, 0.15) is 11.1 Å². The van der Waals surface area contributed by atoms with Gasteiger partial charge in [-0.05, 0) is 47.0 Å².